The molecule has 1 saturated heterocycles. The van der Waals surface area contributed by atoms with Crippen LogP contribution in [0.3, 0.4) is 0 Å². The highest BCUT2D eigenvalue weighted by molar-refractivity contribution is 6.00. The van der Waals surface area contributed by atoms with Crippen LogP contribution in [0.5, 0.6) is 5.75 Å². The van der Waals surface area contributed by atoms with E-state index in [1.54, 1.807) is 50.3 Å². The molecular formula is C37H51FN4O5. The van der Waals surface area contributed by atoms with Crippen molar-refractivity contribution in [3.05, 3.63) is 77.6 Å². The van der Waals surface area contributed by atoms with Crippen molar-refractivity contribution >= 4 is 23.6 Å². The minimum Gasteiger partial charge on any atom is -0.486 e. The fourth-order valence-corrected chi connectivity index (χ4v) is 5.77. The highest BCUT2D eigenvalue weighted by Crippen LogP contribution is 2.25. The van der Waals surface area contributed by atoms with Gasteiger partial charge in [-0.1, -0.05) is 77.1 Å². The minimum atomic E-state index is -0.907. The molecule has 3 atom stereocenters. The summed E-state index contributed by atoms with van der Waals surface area (Å²) in [7, 11) is 4.93. The smallest absolute Gasteiger partial charge is 0.255 e. The van der Waals surface area contributed by atoms with E-state index >= 15 is 0 Å². The van der Waals surface area contributed by atoms with Gasteiger partial charge in [-0.15, -0.1) is 0 Å². The van der Waals surface area contributed by atoms with Crippen molar-refractivity contribution in [2.45, 2.75) is 78.4 Å². The summed E-state index contributed by atoms with van der Waals surface area (Å²) in [5, 5.41) is 2.88. The molecule has 256 valence electrons. The van der Waals surface area contributed by atoms with Crippen molar-refractivity contribution in [2.75, 3.05) is 34.3 Å². The van der Waals surface area contributed by atoms with Crippen molar-refractivity contribution in [3.63, 3.8) is 0 Å². The molecule has 1 N–H and O–H groups in total. The standard InChI is InChI=1S/C37H51FN4O5/c1-25(2)21-29(39-33(43)28-17-12-13-19-32(28)47-24-27(38)23-37(3,4)5)34(44)42-20-14-18-30(42)36(46)41(8)31(35(45)40(6)7)22-26-15-10-9-11-16-26/h9-13,15-17,19,23,25,29-31H,14,18,20-22,24H2,1-8H3,(H,39,43)/b27-23+/t29-,30-,31+/m1/s1. The van der Waals surface area contributed by atoms with Crippen LogP contribution in [0.1, 0.15) is 69.8 Å². The molecule has 0 saturated carbocycles. The summed E-state index contributed by atoms with van der Waals surface area (Å²) < 4.78 is 20.2. The molecule has 0 bridgehead atoms. The maximum absolute atomic E-state index is 14.5. The zero-order chi connectivity index (χ0) is 34.9. The van der Waals surface area contributed by atoms with Gasteiger partial charge in [-0.3, -0.25) is 19.2 Å². The number of amides is 4. The molecule has 1 fully saturated rings. The number of allylic oxidation sites excluding steroid dienone is 1. The van der Waals surface area contributed by atoms with Gasteiger partial charge in [-0.25, -0.2) is 4.39 Å². The summed E-state index contributed by atoms with van der Waals surface area (Å²) in [5.41, 5.74) is 0.726. The first-order chi connectivity index (χ1) is 22.1. The number of carbonyl (C=O) groups is 4. The third kappa shape index (κ3) is 10.7. The van der Waals surface area contributed by atoms with E-state index in [-0.39, 0.29) is 47.0 Å². The number of halogens is 1. The Bertz CT molecular complexity index is 1420. The van der Waals surface area contributed by atoms with E-state index in [4.69, 9.17) is 4.74 Å². The van der Waals surface area contributed by atoms with Crippen molar-refractivity contribution in [1.29, 1.82) is 0 Å². The largest absolute Gasteiger partial charge is 0.486 e. The quantitative estimate of drug-likeness (QED) is 0.319. The third-order valence-electron chi connectivity index (χ3n) is 8.03. The van der Waals surface area contributed by atoms with Gasteiger partial charge in [0.05, 0.1) is 5.56 Å². The summed E-state index contributed by atoms with van der Waals surface area (Å²) >= 11 is 0. The summed E-state index contributed by atoms with van der Waals surface area (Å²) in [6, 6.07) is 13.6. The Morgan fingerprint density at radius 2 is 1.66 bits per heavy atom. The van der Waals surface area contributed by atoms with Gasteiger partial charge in [0.2, 0.25) is 17.7 Å². The molecule has 4 amide bonds. The van der Waals surface area contributed by atoms with Crippen LogP contribution >= 0.6 is 0 Å². The first-order valence-corrected chi connectivity index (χ1v) is 16.3. The van der Waals surface area contributed by atoms with E-state index in [1.165, 1.54) is 15.9 Å². The fraction of sp³-hybridized carbons (Fsp3) is 0.514. The number of carbonyl (C=O) groups excluding carboxylic acids is 4. The molecular weight excluding hydrogens is 599 g/mol. The van der Waals surface area contributed by atoms with Gasteiger partial charge in [-0.2, -0.15) is 0 Å². The van der Waals surface area contributed by atoms with Gasteiger partial charge >= 0.3 is 0 Å². The topological polar surface area (TPSA) is 99.3 Å². The number of ether oxygens (including phenoxy) is 1. The minimum absolute atomic E-state index is 0.0553. The molecule has 0 aliphatic carbocycles. The van der Waals surface area contributed by atoms with Crippen molar-refractivity contribution < 1.29 is 28.3 Å². The number of likely N-dealkylation sites (N-methyl/N-ethyl adjacent to an activating group) is 2. The number of rotatable bonds is 13. The first-order valence-electron chi connectivity index (χ1n) is 16.3. The molecule has 0 radical (unpaired) electrons. The lowest BCUT2D eigenvalue weighted by Crippen LogP contribution is -2.57. The van der Waals surface area contributed by atoms with Crippen LogP contribution in [0.2, 0.25) is 0 Å². The monoisotopic (exact) mass is 650 g/mol. The molecule has 10 heteroatoms. The van der Waals surface area contributed by atoms with Gasteiger partial charge < -0.3 is 24.8 Å². The molecule has 3 rings (SSSR count). The van der Waals surface area contributed by atoms with Crippen molar-refractivity contribution in [3.8, 4) is 5.75 Å². The van der Waals surface area contributed by atoms with Gasteiger partial charge in [0.1, 0.15) is 36.3 Å². The van der Waals surface area contributed by atoms with E-state index in [0.717, 1.165) is 5.56 Å². The highest BCUT2D eigenvalue weighted by Gasteiger charge is 2.41. The Morgan fingerprint density at radius 3 is 2.28 bits per heavy atom. The summed E-state index contributed by atoms with van der Waals surface area (Å²) in [5.74, 6) is -1.60. The number of hydrogen-bond donors (Lipinski definition) is 1. The maximum atomic E-state index is 14.5. The van der Waals surface area contributed by atoms with Crippen LogP contribution in [0.25, 0.3) is 0 Å². The number of nitrogens with zero attached hydrogens (tertiary/aromatic N) is 3. The second kappa shape index (κ2) is 16.6. The lowest BCUT2D eigenvalue weighted by Gasteiger charge is -2.35. The second-order valence-electron chi connectivity index (χ2n) is 14.0. The molecule has 2 aromatic carbocycles. The molecule has 0 spiro atoms. The molecule has 1 heterocycles. The van der Waals surface area contributed by atoms with Crippen LogP contribution in [0.15, 0.2) is 66.5 Å². The van der Waals surface area contributed by atoms with Gasteiger partial charge in [0.25, 0.3) is 5.91 Å². The average molecular weight is 651 g/mol. The van der Waals surface area contributed by atoms with Gasteiger partial charge in [0, 0.05) is 34.1 Å². The van der Waals surface area contributed by atoms with Gasteiger partial charge in [0.15, 0.2) is 0 Å². The summed E-state index contributed by atoms with van der Waals surface area (Å²) in [4.78, 5) is 59.4. The Hall–Kier alpha value is -4.21. The van der Waals surface area contributed by atoms with Crippen LogP contribution < -0.4 is 10.1 Å². The number of hydrogen-bond acceptors (Lipinski definition) is 5. The maximum Gasteiger partial charge on any atom is 0.255 e. The second-order valence-corrected chi connectivity index (χ2v) is 14.0. The Balaban J connectivity index is 1.81. The zero-order valence-corrected chi connectivity index (χ0v) is 29.1. The third-order valence-corrected chi connectivity index (χ3v) is 8.03. The van der Waals surface area contributed by atoms with Crippen molar-refractivity contribution in [1.82, 2.24) is 20.0 Å². The molecule has 47 heavy (non-hydrogen) atoms. The molecule has 1 aliphatic rings. The predicted octanol–water partition coefficient (Wildman–Crippen LogP) is 5.26. The lowest BCUT2D eigenvalue weighted by molar-refractivity contribution is -0.149. The average Bonchev–Trinajstić information content (AvgIpc) is 3.50. The number of benzene rings is 2. The van der Waals surface area contributed by atoms with Crippen LogP contribution in [-0.4, -0.2) is 90.7 Å². The summed E-state index contributed by atoms with van der Waals surface area (Å²) in [6.07, 6.45) is 3.23. The zero-order valence-electron chi connectivity index (χ0n) is 29.1. The van der Waals surface area contributed by atoms with E-state index in [9.17, 15) is 23.6 Å². The van der Waals surface area contributed by atoms with Crippen LogP contribution in [0.4, 0.5) is 4.39 Å². The Morgan fingerprint density at radius 1 is 1.02 bits per heavy atom. The molecule has 9 nitrogen and oxygen atoms in total. The molecule has 1 aliphatic heterocycles. The molecule has 0 unspecified atom stereocenters. The van der Waals surface area contributed by atoms with E-state index in [2.05, 4.69) is 5.32 Å². The van der Waals surface area contributed by atoms with E-state index in [0.29, 0.717) is 32.2 Å². The lowest BCUT2D eigenvalue weighted by atomic mass is 9.96. The van der Waals surface area contributed by atoms with Crippen LogP contribution in [0, 0.1) is 11.3 Å². The van der Waals surface area contributed by atoms with Gasteiger partial charge in [-0.05, 0) is 54.4 Å². The van der Waals surface area contributed by atoms with Crippen molar-refractivity contribution in [2.24, 2.45) is 11.3 Å². The molecule has 0 aromatic heterocycles. The number of likely N-dealkylation sites (tertiary alicyclic amines) is 1. The first kappa shape index (κ1) is 37.2. The number of nitrogens with one attached hydrogen (secondary N) is 1. The SMILES string of the molecule is CC(C)C[C@@H](NC(=O)c1ccccc1OC/C(F)=C\C(C)(C)C)C(=O)N1CCC[C@@H]1C(=O)N(C)[C@@H](Cc1ccccc1)C(=O)N(C)C. The molecule has 2 aromatic rings. The van der Waals surface area contributed by atoms with E-state index < -0.39 is 29.9 Å². The van der Waals surface area contributed by atoms with Crippen LogP contribution in [-0.2, 0) is 20.8 Å². The Kier molecular flexibility index (Phi) is 13.1. The Labute approximate surface area is 279 Å². The highest BCUT2D eigenvalue weighted by atomic mass is 19.1. The number of para-hydroxylation sites is 1. The summed E-state index contributed by atoms with van der Waals surface area (Å²) in [6.45, 7) is 9.57. The van der Waals surface area contributed by atoms with E-state index in [1.807, 2.05) is 65.0 Å². The predicted molar refractivity (Wildman–Crippen MR) is 181 cm³/mol. The normalized spacial score (nSPS) is 16.4. The fourth-order valence-electron chi connectivity index (χ4n) is 5.77.